The minimum Gasteiger partial charge on any atom is -0.297 e. The van der Waals surface area contributed by atoms with Crippen LogP contribution in [0.4, 0.5) is 0 Å². The highest BCUT2D eigenvalue weighted by atomic mass is 79.9. The van der Waals surface area contributed by atoms with Gasteiger partial charge in [0.25, 0.3) is 0 Å². The molecule has 0 aromatic carbocycles. The van der Waals surface area contributed by atoms with Gasteiger partial charge in [-0.15, -0.1) is 11.3 Å². The van der Waals surface area contributed by atoms with Crippen LogP contribution in [0, 0.1) is 0 Å². The predicted molar refractivity (Wildman–Crippen MR) is 52.8 cm³/mol. The fourth-order valence-corrected chi connectivity index (χ4v) is 3.00. The number of aliphatic imine (C=N–C) groups is 1. The second kappa shape index (κ2) is 3.07. The zero-order chi connectivity index (χ0) is 7.68. The van der Waals surface area contributed by atoms with Crippen LogP contribution >= 0.6 is 27.3 Å². The molecule has 1 aromatic heterocycles. The maximum Gasteiger partial charge on any atom is 0.0704 e. The fraction of sp³-hybridized carbons (Fsp3) is 0.375. The average molecular weight is 230 g/mol. The minimum absolute atomic E-state index is 0.958. The van der Waals surface area contributed by atoms with Gasteiger partial charge in [0.15, 0.2) is 0 Å². The first-order valence-electron chi connectivity index (χ1n) is 3.61. The molecular formula is C8H8BrNS. The van der Waals surface area contributed by atoms with Crippen LogP contribution in [-0.4, -0.2) is 12.8 Å². The molecule has 0 bridgehead atoms. The largest absolute Gasteiger partial charge is 0.297 e. The van der Waals surface area contributed by atoms with Gasteiger partial charge in [-0.25, -0.2) is 0 Å². The minimum atomic E-state index is 0.958. The van der Waals surface area contributed by atoms with E-state index in [1.807, 2.05) is 17.6 Å². The maximum absolute atomic E-state index is 4.25. The van der Waals surface area contributed by atoms with Crippen molar-refractivity contribution in [1.29, 1.82) is 0 Å². The summed E-state index contributed by atoms with van der Waals surface area (Å²) in [6.45, 7) is 0.958. The third kappa shape index (κ3) is 1.54. The van der Waals surface area contributed by atoms with E-state index in [2.05, 4.69) is 27.0 Å². The van der Waals surface area contributed by atoms with E-state index < -0.39 is 0 Å². The highest BCUT2D eigenvalue weighted by molar-refractivity contribution is 9.11. The lowest BCUT2D eigenvalue weighted by Crippen LogP contribution is -1.85. The quantitative estimate of drug-likeness (QED) is 0.649. The van der Waals surface area contributed by atoms with Crippen molar-refractivity contribution in [1.82, 2.24) is 0 Å². The fourth-order valence-electron chi connectivity index (χ4n) is 1.23. The number of hydrogen-bond acceptors (Lipinski definition) is 2. The molecule has 1 aromatic rings. The van der Waals surface area contributed by atoms with Crippen molar-refractivity contribution in [3.63, 3.8) is 0 Å². The summed E-state index contributed by atoms with van der Waals surface area (Å²) in [5.74, 6) is 0. The van der Waals surface area contributed by atoms with Gasteiger partial charge >= 0.3 is 0 Å². The van der Waals surface area contributed by atoms with E-state index in [0.717, 1.165) is 19.4 Å². The van der Waals surface area contributed by atoms with Gasteiger partial charge in [0.2, 0.25) is 0 Å². The molecule has 0 saturated heterocycles. The Kier molecular flexibility index (Phi) is 2.09. The number of thiophene rings is 1. The molecule has 2 rings (SSSR count). The number of fused-ring (bicyclic) bond motifs is 1. The Hall–Kier alpha value is -0.150. The Morgan fingerprint density at radius 3 is 3.36 bits per heavy atom. The van der Waals surface area contributed by atoms with Gasteiger partial charge in [0.1, 0.15) is 0 Å². The van der Waals surface area contributed by atoms with Gasteiger partial charge in [-0.1, -0.05) is 0 Å². The third-order valence-electron chi connectivity index (χ3n) is 1.77. The molecule has 1 nitrogen and oxygen atoms in total. The normalized spacial score (nSPS) is 16.1. The van der Waals surface area contributed by atoms with Crippen molar-refractivity contribution in [2.24, 2.45) is 4.99 Å². The zero-order valence-electron chi connectivity index (χ0n) is 6.01. The van der Waals surface area contributed by atoms with Crippen molar-refractivity contribution >= 4 is 33.5 Å². The molecule has 0 spiro atoms. The molecule has 0 aliphatic carbocycles. The zero-order valence-corrected chi connectivity index (χ0v) is 8.41. The standard InChI is InChI=1S/C8H8BrNS/c9-8-5-6-1-3-10-4-2-7(6)11-8/h3,5H,1-2,4H2. The maximum atomic E-state index is 4.25. The van der Waals surface area contributed by atoms with E-state index in [-0.39, 0.29) is 0 Å². The molecule has 3 heteroatoms. The number of halogens is 1. The molecule has 0 atom stereocenters. The summed E-state index contributed by atoms with van der Waals surface area (Å²) in [5, 5.41) is 0. The Morgan fingerprint density at radius 2 is 2.45 bits per heavy atom. The van der Waals surface area contributed by atoms with Crippen molar-refractivity contribution in [2.75, 3.05) is 6.54 Å². The van der Waals surface area contributed by atoms with E-state index in [9.17, 15) is 0 Å². The third-order valence-corrected chi connectivity index (χ3v) is 3.51. The lowest BCUT2D eigenvalue weighted by Gasteiger charge is -1.91. The Balaban J connectivity index is 2.39. The molecule has 0 unspecified atom stereocenters. The summed E-state index contributed by atoms with van der Waals surface area (Å²) >= 11 is 5.33. The molecule has 1 aliphatic rings. The molecule has 0 radical (unpaired) electrons. The van der Waals surface area contributed by atoms with Crippen molar-refractivity contribution < 1.29 is 0 Å². The summed E-state index contributed by atoms with van der Waals surface area (Å²) in [4.78, 5) is 5.75. The molecule has 2 heterocycles. The molecule has 58 valence electrons. The second-order valence-electron chi connectivity index (χ2n) is 2.54. The van der Waals surface area contributed by atoms with Crippen molar-refractivity contribution in [2.45, 2.75) is 12.8 Å². The van der Waals surface area contributed by atoms with Gasteiger partial charge in [-0.2, -0.15) is 0 Å². The van der Waals surface area contributed by atoms with Crippen LogP contribution in [0.15, 0.2) is 14.8 Å². The molecule has 0 saturated carbocycles. The highest BCUT2D eigenvalue weighted by Crippen LogP contribution is 2.28. The van der Waals surface area contributed by atoms with Crippen molar-refractivity contribution in [3.8, 4) is 0 Å². The van der Waals surface area contributed by atoms with E-state index in [4.69, 9.17) is 0 Å². The lowest BCUT2D eigenvalue weighted by molar-refractivity contribution is 0.998. The van der Waals surface area contributed by atoms with Crippen LogP contribution in [0.2, 0.25) is 0 Å². The lowest BCUT2D eigenvalue weighted by atomic mass is 10.2. The van der Waals surface area contributed by atoms with Crippen LogP contribution in [-0.2, 0) is 12.8 Å². The molecule has 0 fully saturated rings. The van der Waals surface area contributed by atoms with E-state index in [0.29, 0.717) is 0 Å². The Bertz CT molecular complexity index is 290. The Labute approximate surface area is 78.3 Å². The highest BCUT2D eigenvalue weighted by Gasteiger charge is 2.07. The van der Waals surface area contributed by atoms with E-state index in [1.54, 1.807) is 0 Å². The summed E-state index contributed by atoms with van der Waals surface area (Å²) in [5.41, 5.74) is 1.45. The van der Waals surface area contributed by atoms with E-state index >= 15 is 0 Å². The molecular weight excluding hydrogens is 222 g/mol. The average Bonchev–Trinajstić information content (AvgIpc) is 2.17. The summed E-state index contributed by atoms with van der Waals surface area (Å²) < 4.78 is 1.25. The SMILES string of the molecule is Brc1cc2c(s1)CCN=CC2. The smallest absolute Gasteiger partial charge is 0.0704 e. The van der Waals surface area contributed by atoms with Crippen LogP contribution in [0.25, 0.3) is 0 Å². The van der Waals surface area contributed by atoms with Crippen LogP contribution in [0.3, 0.4) is 0 Å². The van der Waals surface area contributed by atoms with Crippen molar-refractivity contribution in [3.05, 3.63) is 20.3 Å². The van der Waals surface area contributed by atoms with E-state index in [1.165, 1.54) is 14.2 Å². The predicted octanol–water partition coefficient (Wildman–Crippen LogP) is 2.68. The first kappa shape index (κ1) is 7.50. The summed E-state index contributed by atoms with van der Waals surface area (Å²) in [6.07, 6.45) is 4.14. The van der Waals surface area contributed by atoms with Crippen LogP contribution < -0.4 is 0 Å². The van der Waals surface area contributed by atoms with Gasteiger partial charge < -0.3 is 0 Å². The first-order chi connectivity index (χ1) is 5.36. The van der Waals surface area contributed by atoms with Crippen LogP contribution in [0.1, 0.15) is 10.4 Å². The van der Waals surface area contributed by atoms with Gasteiger partial charge in [0, 0.05) is 30.5 Å². The first-order valence-corrected chi connectivity index (χ1v) is 5.22. The summed E-state index contributed by atoms with van der Waals surface area (Å²) in [6, 6.07) is 2.21. The molecule has 0 amide bonds. The van der Waals surface area contributed by atoms with Gasteiger partial charge in [0.05, 0.1) is 3.79 Å². The second-order valence-corrected chi connectivity index (χ2v) is 5.06. The molecule has 11 heavy (non-hydrogen) atoms. The summed E-state index contributed by atoms with van der Waals surface area (Å²) in [7, 11) is 0. The number of hydrogen-bond donors (Lipinski definition) is 0. The topological polar surface area (TPSA) is 12.4 Å². The van der Waals surface area contributed by atoms with Gasteiger partial charge in [-0.3, -0.25) is 4.99 Å². The monoisotopic (exact) mass is 229 g/mol. The molecule has 1 aliphatic heterocycles. The Morgan fingerprint density at radius 1 is 1.55 bits per heavy atom. The number of nitrogens with zero attached hydrogens (tertiary/aromatic N) is 1. The van der Waals surface area contributed by atoms with Crippen LogP contribution in [0.5, 0.6) is 0 Å². The number of rotatable bonds is 0. The molecule has 0 N–H and O–H groups in total. The van der Waals surface area contributed by atoms with Gasteiger partial charge in [-0.05, 0) is 27.6 Å².